The van der Waals surface area contributed by atoms with E-state index in [1.54, 1.807) is 20.8 Å². The van der Waals surface area contributed by atoms with E-state index >= 15 is 0 Å². The second-order valence-electron chi connectivity index (χ2n) is 8.82. The standard InChI is InChI=1S/C21H23F4NO6/c1-20(2,3)32-19(29)21(5-4-6-21)18(28)26(11-7-14(27)30-9-11)10-31-17-15(24)12(22)8-13(23)16(17)25/h8,11H,4-7,9-10H2,1-3H3. The maximum atomic E-state index is 14.0. The number of hydrogen-bond acceptors (Lipinski definition) is 6. The van der Waals surface area contributed by atoms with Crippen LogP contribution in [0.2, 0.25) is 0 Å². The molecule has 1 unspecified atom stereocenters. The van der Waals surface area contributed by atoms with Gasteiger partial charge in [-0.05, 0) is 33.6 Å². The van der Waals surface area contributed by atoms with Crippen LogP contribution in [0.15, 0.2) is 6.07 Å². The third kappa shape index (κ3) is 4.51. The summed E-state index contributed by atoms with van der Waals surface area (Å²) in [5, 5.41) is 0. The lowest BCUT2D eigenvalue weighted by Crippen LogP contribution is -2.57. The number of halogens is 4. The Bertz CT molecular complexity index is 915. The van der Waals surface area contributed by atoms with E-state index in [2.05, 4.69) is 0 Å². The number of nitrogens with zero attached hydrogens (tertiary/aromatic N) is 1. The summed E-state index contributed by atoms with van der Waals surface area (Å²) < 4.78 is 70.2. The molecule has 0 N–H and O–H groups in total. The molecule has 176 valence electrons. The molecule has 1 aliphatic carbocycles. The van der Waals surface area contributed by atoms with Gasteiger partial charge in [-0.2, -0.15) is 8.78 Å². The summed E-state index contributed by atoms with van der Waals surface area (Å²) in [5.74, 6) is -10.4. The molecule has 1 amide bonds. The van der Waals surface area contributed by atoms with E-state index in [0.717, 1.165) is 4.90 Å². The molecule has 0 aromatic heterocycles. The van der Waals surface area contributed by atoms with Gasteiger partial charge >= 0.3 is 11.9 Å². The lowest BCUT2D eigenvalue weighted by Gasteiger charge is -2.43. The van der Waals surface area contributed by atoms with Crippen LogP contribution in [0.5, 0.6) is 5.75 Å². The van der Waals surface area contributed by atoms with Crippen LogP contribution in [0, 0.1) is 28.7 Å². The number of cyclic esters (lactones) is 1. The van der Waals surface area contributed by atoms with Crippen molar-refractivity contribution in [2.75, 3.05) is 13.3 Å². The minimum Gasteiger partial charge on any atom is -0.467 e. The maximum Gasteiger partial charge on any atom is 0.322 e. The van der Waals surface area contributed by atoms with Crippen LogP contribution in [0.3, 0.4) is 0 Å². The number of hydrogen-bond donors (Lipinski definition) is 0. The van der Waals surface area contributed by atoms with Crippen LogP contribution < -0.4 is 4.74 Å². The molecular formula is C21H23F4NO6. The van der Waals surface area contributed by atoms with Gasteiger partial charge in [0.2, 0.25) is 17.5 Å². The van der Waals surface area contributed by atoms with Gasteiger partial charge in [0.05, 0.1) is 12.5 Å². The van der Waals surface area contributed by atoms with E-state index in [1.807, 2.05) is 0 Å². The normalized spacial score (nSPS) is 19.7. The van der Waals surface area contributed by atoms with Crippen molar-refractivity contribution in [3.8, 4) is 5.75 Å². The van der Waals surface area contributed by atoms with E-state index in [9.17, 15) is 31.9 Å². The zero-order valence-corrected chi connectivity index (χ0v) is 17.8. The molecule has 2 aliphatic rings. The topological polar surface area (TPSA) is 82.1 Å². The number of benzene rings is 1. The van der Waals surface area contributed by atoms with Crippen LogP contribution in [0.25, 0.3) is 0 Å². The number of esters is 2. The van der Waals surface area contributed by atoms with Gasteiger partial charge in [0, 0.05) is 6.07 Å². The molecular weight excluding hydrogens is 438 g/mol. The summed E-state index contributed by atoms with van der Waals surface area (Å²) in [4.78, 5) is 38.8. The summed E-state index contributed by atoms with van der Waals surface area (Å²) in [5.41, 5.74) is -2.44. The first-order valence-corrected chi connectivity index (χ1v) is 10.0. The van der Waals surface area contributed by atoms with Gasteiger partial charge in [0.25, 0.3) is 0 Å². The summed E-state index contributed by atoms with van der Waals surface area (Å²) in [6.07, 6.45) is 0.631. The second kappa shape index (κ2) is 8.59. The third-order valence-corrected chi connectivity index (χ3v) is 5.37. The van der Waals surface area contributed by atoms with Crippen molar-refractivity contribution in [2.24, 2.45) is 5.41 Å². The van der Waals surface area contributed by atoms with E-state index in [4.69, 9.17) is 14.2 Å². The average molecular weight is 461 g/mol. The van der Waals surface area contributed by atoms with E-state index in [1.165, 1.54) is 0 Å². The Morgan fingerprint density at radius 1 is 1.16 bits per heavy atom. The van der Waals surface area contributed by atoms with Gasteiger partial charge in [0.15, 0.2) is 24.1 Å². The molecule has 1 saturated carbocycles. The van der Waals surface area contributed by atoms with Crippen LogP contribution in [-0.2, 0) is 23.9 Å². The molecule has 32 heavy (non-hydrogen) atoms. The van der Waals surface area contributed by atoms with Crippen molar-refractivity contribution in [3.05, 3.63) is 29.3 Å². The predicted molar refractivity (Wildman–Crippen MR) is 100 cm³/mol. The highest BCUT2D eigenvalue weighted by Gasteiger charge is 2.56. The van der Waals surface area contributed by atoms with Crippen LogP contribution in [0.1, 0.15) is 46.5 Å². The molecule has 1 heterocycles. The van der Waals surface area contributed by atoms with Crippen molar-refractivity contribution >= 4 is 17.8 Å². The van der Waals surface area contributed by atoms with E-state index in [-0.39, 0.29) is 31.9 Å². The summed E-state index contributed by atoms with van der Waals surface area (Å²) >= 11 is 0. The van der Waals surface area contributed by atoms with E-state index < -0.39 is 70.7 Å². The lowest BCUT2D eigenvalue weighted by molar-refractivity contribution is -0.183. The van der Waals surface area contributed by atoms with Crippen molar-refractivity contribution < 1.29 is 46.2 Å². The molecule has 1 aromatic carbocycles. The molecule has 1 aromatic rings. The molecule has 1 saturated heterocycles. The maximum absolute atomic E-state index is 14.0. The summed E-state index contributed by atoms with van der Waals surface area (Å²) in [6, 6.07) is -0.880. The minimum absolute atomic E-state index is 0.0236. The number of rotatable bonds is 6. The van der Waals surface area contributed by atoms with Gasteiger partial charge in [-0.25, -0.2) is 8.78 Å². The van der Waals surface area contributed by atoms with Crippen LogP contribution >= 0.6 is 0 Å². The van der Waals surface area contributed by atoms with Crippen LogP contribution in [-0.4, -0.2) is 47.7 Å². The highest BCUT2D eigenvalue weighted by Crippen LogP contribution is 2.45. The SMILES string of the molecule is CC(C)(C)OC(=O)C1(C(=O)N(COc2c(F)c(F)cc(F)c2F)C2COC(=O)C2)CCC1. The van der Waals surface area contributed by atoms with Crippen molar-refractivity contribution in [3.63, 3.8) is 0 Å². The van der Waals surface area contributed by atoms with E-state index in [0.29, 0.717) is 6.42 Å². The fourth-order valence-corrected chi connectivity index (χ4v) is 3.53. The molecule has 2 fully saturated rings. The Labute approximate surface area is 181 Å². The Hall–Kier alpha value is -2.85. The largest absolute Gasteiger partial charge is 0.467 e. The number of amides is 1. The number of ether oxygens (including phenoxy) is 3. The summed E-state index contributed by atoms with van der Waals surface area (Å²) in [6.45, 7) is 3.80. The van der Waals surface area contributed by atoms with Crippen molar-refractivity contribution in [1.82, 2.24) is 4.90 Å². The molecule has 11 heteroatoms. The monoisotopic (exact) mass is 461 g/mol. The van der Waals surface area contributed by atoms with Gasteiger partial charge in [0.1, 0.15) is 17.6 Å². The Balaban J connectivity index is 1.89. The fraction of sp³-hybridized carbons (Fsp3) is 0.571. The third-order valence-electron chi connectivity index (χ3n) is 5.37. The molecule has 0 radical (unpaired) electrons. The molecule has 1 atom stereocenters. The molecule has 0 spiro atoms. The first-order valence-electron chi connectivity index (χ1n) is 10.0. The molecule has 1 aliphatic heterocycles. The van der Waals surface area contributed by atoms with Gasteiger partial charge in [-0.15, -0.1) is 0 Å². The fourth-order valence-electron chi connectivity index (χ4n) is 3.53. The molecule has 3 rings (SSSR count). The zero-order valence-electron chi connectivity index (χ0n) is 17.8. The Morgan fingerprint density at radius 2 is 1.75 bits per heavy atom. The highest BCUT2D eigenvalue weighted by atomic mass is 19.2. The Kier molecular flexibility index (Phi) is 6.39. The predicted octanol–water partition coefficient (Wildman–Crippen LogP) is 3.24. The first-order chi connectivity index (χ1) is 14.9. The average Bonchev–Trinajstić information content (AvgIpc) is 3.06. The minimum atomic E-state index is -1.78. The van der Waals surface area contributed by atoms with Gasteiger partial charge in [-0.3, -0.25) is 14.4 Å². The molecule has 7 nitrogen and oxygen atoms in total. The summed E-state index contributed by atoms with van der Waals surface area (Å²) in [7, 11) is 0. The lowest BCUT2D eigenvalue weighted by atomic mass is 9.67. The molecule has 0 bridgehead atoms. The van der Waals surface area contributed by atoms with Crippen LogP contribution in [0.4, 0.5) is 17.6 Å². The second-order valence-corrected chi connectivity index (χ2v) is 8.82. The first kappa shape index (κ1) is 23.8. The highest BCUT2D eigenvalue weighted by molar-refractivity contribution is 6.04. The smallest absolute Gasteiger partial charge is 0.322 e. The quantitative estimate of drug-likeness (QED) is 0.213. The van der Waals surface area contributed by atoms with Crippen molar-refractivity contribution in [2.45, 2.75) is 58.1 Å². The van der Waals surface area contributed by atoms with Gasteiger partial charge < -0.3 is 19.1 Å². The Morgan fingerprint density at radius 3 is 2.19 bits per heavy atom. The van der Waals surface area contributed by atoms with Crippen molar-refractivity contribution in [1.29, 1.82) is 0 Å². The number of carbonyl (C=O) groups excluding carboxylic acids is 3. The number of carbonyl (C=O) groups is 3. The zero-order chi connectivity index (χ0) is 23.8. The van der Waals surface area contributed by atoms with Gasteiger partial charge in [-0.1, -0.05) is 6.42 Å².